The van der Waals surface area contributed by atoms with E-state index in [0.717, 1.165) is 24.1 Å². The van der Waals surface area contributed by atoms with E-state index in [0.29, 0.717) is 0 Å². The summed E-state index contributed by atoms with van der Waals surface area (Å²) >= 11 is 0. The van der Waals surface area contributed by atoms with E-state index in [1.54, 1.807) is 0 Å². The van der Waals surface area contributed by atoms with Crippen LogP contribution in [0.3, 0.4) is 0 Å². The maximum absolute atomic E-state index is 4.82. The number of hydrogen-bond acceptors (Lipinski definition) is 3. The molecule has 140 valence electrons. The monoisotopic (exact) mass is 352 g/mol. The third-order valence-corrected chi connectivity index (χ3v) is 6.51. The van der Waals surface area contributed by atoms with Crippen molar-refractivity contribution in [1.29, 1.82) is 0 Å². The highest BCUT2D eigenvalue weighted by atomic mass is 15.3. The van der Waals surface area contributed by atoms with Gasteiger partial charge in [-0.25, -0.2) is 4.68 Å². The van der Waals surface area contributed by atoms with Crippen molar-refractivity contribution in [3.63, 3.8) is 0 Å². The molecule has 2 fully saturated rings. The zero-order valence-electron chi connectivity index (χ0n) is 16.2. The van der Waals surface area contributed by atoms with Gasteiger partial charge in [-0.3, -0.25) is 4.90 Å². The molecule has 0 saturated carbocycles. The predicted octanol–water partition coefficient (Wildman–Crippen LogP) is 3.70. The van der Waals surface area contributed by atoms with Crippen LogP contribution in [0.4, 0.5) is 0 Å². The summed E-state index contributed by atoms with van der Waals surface area (Å²) in [6, 6.07) is 10.5. The van der Waals surface area contributed by atoms with Crippen LogP contribution in [0.1, 0.15) is 42.6 Å². The number of para-hydroxylation sites is 1. The Hall–Kier alpha value is -1.65. The largest absolute Gasteiger partial charge is 0.317 e. The zero-order valence-corrected chi connectivity index (χ0v) is 16.2. The molecule has 0 atom stereocenters. The summed E-state index contributed by atoms with van der Waals surface area (Å²) in [5.74, 6) is 1.91. The highest BCUT2D eigenvalue weighted by Gasteiger charge is 2.28. The molecule has 0 radical (unpaired) electrons. The Morgan fingerprint density at radius 3 is 2.31 bits per heavy atom. The molecular formula is C22H32N4. The van der Waals surface area contributed by atoms with Crippen LogP contribution < -0.4 is 5.32 Å². The molecule has 0 amide bonds. The lowest BCUT2D eigenvalue weighted by molar-refractivity contribution is 0.125. The van der Waals surface area contributed by atoms with E-state index in [9.17, 15) is 0 Å². The number of benzene rings is 1. The minimum Gasteiger partial charge on any atom is -0.317 e. The molecule has 0 aliphatic carbocycles. The summed E-state index contributed by atoms with van der Waals surface area (Å²) in [5, 5.41) is 8.32. The van der Waals surface area contributed by atoms with Crippen LogP contribution in [0.2, 0.25) is 0 Å². The van der Waals surface area contributed by atoms with Gasteiger partial charge in [0.25, 0.3) is 0 Å². The standard InChI is InChI=1S/C22H32N4/c1-17-22(18(2)26(24-17)21-6-4-3-5-7-21)16-25-14-10-20(11-15-25)19-8-12-23-13-9-19/h3-7,19-20,23H,8-16H2,1-2H3. The molecule has 1 aromatic heterocycles. The Labute approximate surface area is 157 Å². The molecule has 26 heavy (non-hydrogen) atoms. The maximum Gasteiger partial charge on any atom is 0.0648 e. The van der Waals surface area contributed by atoms with Gasteiger partial charge in [0.2, 0.25) is 0 Å². The number of aryl methyl sites for hydroxylation is 1. The first-order valence-corrected chi connectivity index (χ1v) is 10.3. The molecule has 2 aliphatic heterocycles. The van der Waals surface area contributed by atoms with Gasteiger partial charge in [-0.2, -0.15) is 5.10 Å². The zero-order chi connectivity index (χ0) is 17.9. The molecule has 2 saturated heterocycles. The molecule has 4 rings (SSSR count). The number of nitrogens with one attached hydrogen (secondary N) is 1. The fraction of sp³-hybridized carbons (Fsp3) is 0.591. The molecule has 0 unspecified atom stereocenters. The van der Waals surface area contributed by atoms with E-state index in [1.807, 2.05) is 0 Å². The van der Waals surface area contributed by atoms with Gasteiger partial charge in [0, 0.05) is 17.8 Å². The first-order chi connectivity index (χ1) is 12.7. The second kappa shape index (κ2) is 7.93. The van der Waals surface area contributed by atoms with Crippen LogP contribution in [0.5, 0.6) is 0 Å². The Morgan fingerprint density at radius 1 is 0.962 bits per heavy atom. The molecule has 2 aromatic rings. The van der Waals surface area contributed by atoms with Gasteiger partial charge in [-0.05, 0) is 89.7 Å². The van der Waals surface area contributed by atoms with Crippen LogP contribution in [0.25, 0.3) is 5.69 Å². The van der Waals surface area contributed by atoms with Gasteiger partial charge >= 0.3 is 0 Å². The van der Waals surface area contributed by atoms with Crippen LogP contribution >= 0.6 is 0 Å². The topological polar surface area (TPSA) is 33.1 Å². The fourth-order valence-electron chi connectivity index (χ4n) is 4.85. The average Bonchev–Trinajstić information content (AvgIpc) is 2.98. The second-order valence-corrected chi connectivity index (χ2v) is 8.10. The summed E-state index contributed by atoms with van der Waals surface area (Å²) in [6.45, 7) is 10.3. The third-order valence-electron chi connectivity index (χ3n) is 6.51. The lowest BCUT2D eigenvalue weighted by atomic mass is 9.79. The Bertz CT molecular complexity index is 707. The van der Waals surface area contributed by atoms with Crippen molar-refractivity contribution in [3.8, 4) is 5.69 Å². The molecule has 4 heteroatoms. The SMILES string of the molecule is Cc1nn(-c2ccccc2)c(C)c1CN1CCC(C2CCNCC2)CC1. The minimum atomic E-state index is 0.947. The summed E-state index contributed by atoms with van der Waals surface area (Å²) in [7, 11) is 0. The van der Waals surface area contributed by atoms with Crippen molar-refractivity contribution < 1.29 is 0 Å². The normalized spacial score (nSPS) is 20.5. The molecule has 0 spiro atoms. The Kier molecular flexibility index (Phi) is 5.41. The number of aromatic nitrogens is 2. The molecule has 0 bridgehead atoms. The summed E-state index contributed by atoms with van der Waals surface area (Å²) < 4.78 is 2.10. The van der Waals surface area contributed by atoms with E-state index in [-0.39, 0.29) is 0 Å². The van der Waals surface area contributed by atoms with E-state index in [1.165, 1.54) is 68.8 Å². The molecule has 1 aromatic carbocycles. The molecule has 2 aliphatic rings. The van der Waals surface area contributed by atoms with E-state index < -0.39 is 0 Å². The number of nitrogens with zero attached hydrogens (tertiary/aromatic N) is 3. The van der Waals surface area contributed by atoms with Crippen LogP contribution in [0, 0.1) is 25.7 Å². The lowest BCUT2D eigenvalue weighted by Crippen LogP contribution is -2.39. The fourth-order valence-corrected chi connectivity index (χ4v) is 4.85. The highest BCUT2D eigenvalue weighted by molar-refractivity contribution is 5.36. The first-order valence-electron chi connectivity index (χ1n) is 10.3. The van der Waals surface area contributed by atoms with Gasteiger partial charge in [0.15, 0.2) is 0 Å². The van der Waals surface area contributed by atoms with Crippen molar-refractivity contribution in [2.45, 2.75) is 46.1 Å². The van der Waals surface area contributed by atoms with Gasteiger partial charge in [0.1, 0.15) is 0 Å². The van der Waals surface area contributed by atoms with Gasteiger partial charge in [-0.15, -0.1) is 0 Å². The van der Waals surface area contributed by atoms with Crippen molar-refractivity contribution in [2.75, 3.05) is 26.2 Å². The lowest BCUT2D eigenvalue weighted by Gasteiger charge is -2.37. The van der Waals surface area contributed by atoms with E-state index in [2.05, 4.69) is 59.1 Å². The highest BCUT2D eigenvalue weighted by Crippen LogP contribution is 2.31. The van der Waals surface area contributed by atoms with Crippen molar-refractivity contribution in [3.05, 3.63) is 47.3 Å². The van der Waals surface area contributed by atoms with Crippen molar-refractivity contribution >= 4 is 0 Å². The average molecular weight is 353 g/mol. The third kappa shape index (κ3) is 3.72. The summed E-state index contributed by atoms with van der Waals surface area (Å²) in [5.41, 5.74) is 5.03. The summed E-state index contributed by atoms with van der Waals surface area (Å²) in [6.07, 6.45) is 5.50. The Balaban J connectivity index is 1.40. The van der Waals surface area contributed by atoms with Crippen molar-refractivity contribution in [2.24, 2.45) is 11.8 Å². The molecular weight excluding hydrogens is 320 g/mol. The van der Waals surface area contributed by atoms with Gasteiger partial charge < -0.3 is 5.32 Å². The second-order valence-electron chi connectivity index (χ2n) is 8.10. The van der Waals surface area contributed by atoms with E-state index >= 15 is 0 Å². The van der Waals surface area contributed by atoms with Gasteiger partial charge in [0.05, 0.1) is 11.4 Å². The molecule has 4 nitrogen and oxygen atoms in total. The predicted molar refractivity (Wildman–Crippen MR) is 107 cm³/mol. The quantitative estimate of drug-likeness (QED) is 0.911. The van der Waals surface area contributed by atoms with Gasteiger partial charge in [-0.1, -0.05) is 18.2 Å². The smallest absolute Gasteiger partial charge is 0.0648 e. The van der Waals surface area contributed by atoms with Crippen molar-refractivity contribution in [1.82, 2.24) is 20.0 Å². The number of likely N-dealkylation sites (tertiary alicyclic amines) is 1. The minimum absolute atomic E-state index is 0.947. The molecule has 3 heterocycles. The number of piperidine rings is 2. The Morgan fingerprint density at radius 2 is 1.62 bits per heavy atom. The van der Waals surface area contributed by atoms with Crippen LogP contribution in [-0.4, -0.2) is 40.9 Å². The van der Waals surface area contributed by atoms with E-state index in [4.69, 9.17) is 5.10 Å². The number of hydrogen-bond donors (Lipinski definition) is 1. The first kappa shape index (κ1) is 17.7. The van der Waals surface area contributed by atoms with Crippen LogP contribution in [0.15, 0.2) is 30.3 Å². The van der Waals surface area contributed by atoms with Crippen LogP contribution in [-0.2, 0) is 6.54 Å². The maximum atomic E-state index is 4.82. The number of rotatable bonds is 4. The summed E-state index contributed by atoms with van der Waals surface area (Å²) in [4.78, 5) is 2.64. The molecule has 1 N–H and O–H groups in total.